The van der Waals surface area contributed by atoms with E-state index in [4.69, 9.17) is 5.73 Å². The zero-order chi connectivity index (χ0) is 26.3. The number of nitrogens with two attached hydrogens (primary N) is 1. The molecule has 0 aliphatic carbocycles. The van der Waals surface area contributed by atoms with Gasteiger partial charge in [-0.1, -0.05) is 16.8 Å². The number of nitrogen functional groups attached to an aromatic ring is 1. The molecule has 1 unspecified atom stereocenters. The third-order valence-corrected chi connectivity index (χ3v) is 8.68. The number of rotatable bonds is 6. The van der Waals surface area contributed by atoms with Gasteiger partial charge in [-0.2, -0.15) is 0 Å². The zero-order valence-corrected chi connectivity index (χ0v) is 21.2. The fourth-order valence-corrected chi connectivity index (χ4v) is 6.78. The third kappa shape index (κ3) is 4.69. The summed E-state index contributed by atoms with van der Waals surface area (Å²) >= 11 is 2.38. The Balaban J connectivity index is 1.29. The van der Waals surface area contributed by atoms with Crippen molar-refractivity contribution in [2.75, 3.05) is 31.1 Å². The molecule has 15 heteroatoms. The molecule has 6 N–H and O–H groups in total. The van der Waals surface area contributed by atoms with Crippen LogP contribution in [0.25, 0.3) is 0 Å². The normalized spacial score (nSPS) is 26.9. The summed E-state index contributed by atoms with van der Waals surface area (Å²) in [6, 6.07) is -1.33. The zero-order valence-electron chi connectivity index (χ0n) is 19.5. The third-order valence-electron chi connectivity index (χ3n) is 6.70. The summed E-state index contributed by atoms with van der Waals surface area (Å²) in [5.74, 6) is -2.29. The molecule has 3 fully saturated rings. The van der Waals surface area contributed by atoms with Gasteiger partial charge in [0.05, 0.1) is 6.04 Å². The van der Waals surface area contributed by atoms with Gasteiger partial charge in [0, 0.05) is 30.8 Å². The fourth-order valence-electron chi connectivity index (χ4n) is 4.92. The number of carbonyl (C=O) groups is 4. The van der Waals surface area contributed by atoms with E-state index in [2.05, 4.69) is 20.8 Å². The minimum absolute atomic E-state index is 0.0639. The van der Waals surface area contributed by atoms with E-state index >= 15 is 0 Å². The highest BCUT2D eigenvalue weighted by atomic mass is 32.2. The standard InChI is InChI=1S/C22H25N7O6S2/c23-22-25-13(9-37-22)14(27-35)17(30)26-15-19(32)29-16(21(33)34)11(8-36-20(15)29)5-10-6-12(24-7-10)18(31)28-3-1-2-4-28/h5,9,12,15,20,24,35H,1-4,6-8H2,(H2,23,25)(H,26,30)(H,33,34)/b10-5-,27-14-/t12?,15-,20-/m1/s1. The maximum Gasteiger partial charge on any atom is 0.352 e. The molecule has 5 rings (SSSR count). The van der Waals surface area contributed by atoms with Crippen molar-refractivity contribution in [3.8, 4) is 0 Å². The first-order valence-electron chi connectivity index (χ1n) is 11.7. The molecule has 0 spiro atoms. The van der Waals surface area contributed by atoms with Gasteiger partial charge in [-0.25, -0.2) is 9.78 Å². The number of β-lactam (4-membered cyclic amide) rings is 1. The second kappa shape index (κ2) is 10.1. The van der Waals surface area contributed by atoms with Gasteiger partial charge in [0.1, 0.15) is 22.8 Å². The van der Waals surface area contributed by atoms with Crippen LogP contribution in [-0.2, 0) is 19.2 Å². The molecule has 0 radical (unpaired) electrons. The van der Waals surface area contributed by atoms with Crippen molar-refractivity contribution in [3.63, 3.8) is 0 Å². The molecule has 0 aromatic carbocycles. The molecule has 196 valence electrons. The van der Waals surface area contributed by atoms with Crippen LogP contribution in [0.4, 0.5) is 5.13 Å². The number of allylic oxidation sites excluding steroid dienone is 1. The molecular formula is C22H25N7O6S2. The van der Waals surface area contributed by atoms with Gasteiger partial charge in [-0.05, 0) is 24.8 Å². The average Bonchev–Trinajstić information content (AvgIpc) is 3.65. The molecule has 0 saturated carbocycles. The van der Waals surface area contributed by atoms with Gasteiger partial charge in [0.25, 0.3) is 11.8 Å². The van der Waals surface area contributed by atoms with E-state index in [0.717, 1.165) is 42.8 Å². The van der Waals surface area contributed by atoms with Gasteiger partial charge < -0.3 is 31.6 Å². The maximum absolute atomic E-state index is 13.0. The maximum atomic E-state index is 13.0. The van der Waals surface area contributed by atoms with E-state index in [1.165, 1.54) is 22.0 Å². The number of thioether (sulfide) groups is 1. The van der Waals surface area contributed by atoms with Gasteiger partial charge in [-0.15, -0.1) is 23.1 Å². The number of carboxylic acid groups (broad SMARTS) is 1. The summed E-state index contributed by atoms with van der Waals surface area (Å²) in [6.45, 7) is 1.99. The summed E-state index contributed by atoms with van der Waals surface area (Å²) in [5, 5.41) is 28.9. The number of aromatic nitrogens is 1. The van der Waals surface area contributed by atoms with E-state index in [9.17, 15) is 29.5 Å². The Kier molecular flexibility index (Phi) is 6.92. The van der Waals surface area contributed by atoms with Crippen LogP contribution < -0.4 is 16.4 Å². The Morgan fingerprint density at radius 1 is 1.30 bits per heavy atom. The number of likely N-dealkylation sites (tertiary alicyclic amines) is 1. The number of fused-ring (bicyclic) bond motifs is 1. The van der Waals surface area contributed by atoms with Crippen molar-refractivity contribution in [1.29, 1.82) is 0 Å². The van der Waals surface area contributed by atoms with Gasteiger partial charge in [-0.3, -0.25) is 19.3 Å². The van der Waals surface area contributed by atoms with Gasteiger partial charge in [0.2, 0.25) is 5.91 Å². The van der Waals surface area contributed by atoms with Crippen molar-refractivity contribution in [2.24, 2.45) is 5.16 Å². The number of hydrogen-bond donors (Lipinski definition) is 5. The minimum Gasteiger partial charge on any atom is -0.477 e. The highest BCUT2D eigenvalue weighted by Gasteiger charge is 2.54. The lowest BCUT2D eigenvalue weighted by Gasteiger charge is -2.49. The van der Waals surface area contributed by atoms with Gasteiger partial charge in [0.15, 0.2) is 10.8 Å². The lowest BCUT2D eigenvalue weighted by molar-refractivity contribution is -0.150. The van der Waals surface area contributed by atoms with Crippen molar-refractivity contribution in [1.82, 2.24) is 25.4 Å². The summed E-state index contributed by atoms with van der Waals surface area (Å²) in [5.41, 5.74) is 6.48. The van der Waals surface area contributed by atoms with Crippen molar-refractivity contribution in [3.05, 3.63) is 34.0 Å². The Labute approximate surface area is 219 Å². The van der Waals surface area contributed by atoms with E-state index in [1.54, 1.807) is 6.08 Å². The van der Waals surface area contributed by atoms with E-state index < -0.39 is 34.9 Å². The Bertz CT molecular complexity index is 1250. The number of carbonyl (C=O) groups excluding carboxylic acids is 3. The summed E-state index contributed by atoms with van der Waals surface area (Å²) in [6.07, 6.45) is 4.26. The lowest BCUT2D eigenvalue weighted by atomic mass is 10.0. The smallest absolute Gasteiger partial charge is 0.352 e. The van der Waals surface area contributed by atoms with E-state index in [1.807, 2.05) is 4.90 Å². The number of nitrogens with one attached hydrogen (secondary N) is 2. The number of thiazole rings is 1. The Morgan fingerprint density at radius 2 is 2.05 bits per heavy atom. The van der Waals surface area contributed by atoms with E-state index in [-0.39, 0.29) is 28.5 Å². The molecule has 1 aromatic heterocycles. The molecule has 13 nitrogen and oxygen atoms in total. The number of carboxylic acids is 1. The predicted molar refractivity (Wildman–Crippen MR) is 135 cm³/mol. The van der Waals surface area contributed by atoms with Crippen molar-refractivity contribution < 1.29 is 29.5 Å². The monoisotopic (exact) mass is 547 g/mol. The second-order valence-corrected chi connectivity index (χ2v) is 11.0. The first kappa shape index (κ1) is 25.2. The van der Waals surface area contributed by atoms with Crippen LogP contribution in [0.5, 0.6) is 0 Å². The Hall–Kier alpha value is -3.43. The molecule has 4 aliphatic rings. The molecular weight excluding hydrogens is 522 g/mol. The fraction of sp³-hybridized carbons (Fsp3) is 0.455. The minimum atomic E-state index is -1.25. The van der Waals surface area contributed by atoms with Crippen LogP contribution >= 0.6 is 23.1 Å². The van der Waals surface area contributed by atoms with Crippen LogP contribution in [0.15, 0.2) is 33.5 Å². The summed E-state index contributed by atoms with van der Waals surface area (Å²) in [7, 11) is 0. The topological polar surface area (TPSA) is 191 Å². The molecule has 3 amide bonds. The lowest BCUT2D eigenvalue weighted by Crippen LogP contribution is -2.71. The average molecular weight is 548 g/mol. The summed E-state index contributed by atoms with van der Waals surface area (Å²) < 4.78 is 0. The quantitative estimate of drug-likeness (QED) is 0.135. The molecule has 3 atom stereocenters. The first-order chi connectivity index (χ1) is 17.8. The highest BCUT2D eigenvalue weighted by Crippen LogP contribution is 2.41. The van der Waals surface area contributed by atoms with Crippen LogP contribution in [0, 0.1) is 0 Å². The van der Waals surface area contributed by atoms with Crippen LogP contribution in [0.3, 0.4) is 0 Å². The van der Waals surface area contributed by atoms with Crippen LogP contribution in [0.2, 0.25) is 0 Å². The van der Waals surface area contributed by atoms with Crippen LogP contribution in [0.1, 0.15) is 25.0 Å². The van der Waals surface area contributed by atoms with Gasteiger partial charge >= 0.3 is 5.97 Å². The second-order valence-electron chi connectivity index (χ2n) is 9.03. The number of aliphatic carboxylic acids is 1. The summed E-state index contributed by atoms with van der Waals surface area (Å²) in [4.78, 5) is 57.4. The predicted octanol–water partition coefficient (Wildman–Crippen LogP) is -0.447. The molecule has 0 bridgehead atoms. The molecule has 5 heterocycles. The molecule has 3 saturated heterocycles. The Morgan fingerprint density at radius 3 is 2.70 bits per heavy atom. The number of hydrogen-bond acceptors (Lipinski definition) is 11. The molecule has 37 heavy (non-hydrogen) atoms. The largest absolute Gasteiger partial charge is 0.477 e. The SMILES string of the molecule is Nc1nc(/C(=N/O)C(=O)N[C@@H]2C(=O)N3C(C(=O)O)=C(/C=C4\CNC(C(=O)N5CCCC5)C4)CS[C@H]23)cs1. The molecule has 4 aliphatic heterocycles. The number of nitrogens with zero attached hydrogens (tertiary/aromatic N) is 4. The van der Waals surface area contributed by atoms with Crippen molar-refractivity contribution >= 4 is 57.6 Å². The number of anilines is 1. The first-order valence-corrected chi connectivity index (χ1v) is 13.6. The highest BCUT2D eigenvalue weighted by molar-refractivity contribution is 8.00. The number of oxime groups is 1. The van der Waals surface area contributed by atoms with Crippen LogP contribution in [-0.4, -0.2) is 97.3 Å². The number of amides is 3. The van der Waals surface area contributed by atoms with E-state index in [0.29, 0.717) is 24.3 Å². The van der Waals surface area contributed by atoms with Crippen molar-refractivity contribution in [2.45, 2.75) is 36.7 Å². The molecule has 1 aromatic rings.